The molecule has 6 heteroatoms. The van der Waals surface area contributed by atoms with Crippen molar-refractivity contribution in [2.24, 2.45) is 0 Å². The summed E-state index contributed by atoms with van der Waals surface area (Å²) in [5, 5.41) is 8.66. The zero-order valence-electron chi connectivity index (χ0n) is 9.10. The van der Waals surface area contributed by atoms with Gasteiger partial charge in [-0.3, -0.25) is 0 Å². The highest BCUT2D eigenvalue weighted by atomic mass is 19.1. The van der Waals surface area contributed by atoms with Gasteiger partial charge in [-0.25, -0.2) is 23.5 Å². The molecule has 92 valence electrons. The number of nitrogens with zero attached hydrogens (tertiary/aromatic N) is 2. The largest absolute Gasteiger partial charge is 0.478 e. The van der Waals surface area contributed by atoms with E-state index in [2.05, 4.69) is 9.97 Å². The van der Waals surface area contributed by atoms with Crippen LogP contribution in [0.25, 0.3) is 0 Å². The van der Waals surface area contributed by atoms with Crippen molar-refractivity contribution in [3.05, 3.63) is 59.2 Å². The van der Waals surface area contributed by atoms with E-state index in [-0.39, 0.29) is 12.0 Å². The summed E-state index contributed by atoms with van der Waals surface area (Å²) in [6, 6.07) is 3.13. The third-order valence-electron chi connectivity index (χ3n) is 2.24. The van der Waals surface area contributed by atoms with E-state index in [1.807, 2.05) is 0 Å². The molecule has 0 aliphatic carbocycles. The molecule has 0 amide bonds. The molecule has 0 fully saturated rings. The summed E-state index contributed by atoms with van der Waals surface area (Å²) >= 11 is 0. The molecule has 1 aromatic carbocycles. The lowest BCUT2D eigenvalue weighted by molar-refractivity contribution is 0.0696. The zero-order valence-corrected chi connectivity index (χ0v) is 9.10. The van der Waals surface area contributed by atoms with Crippen LogP contribution in [-0.2, 0) is 6.42 Å². The van der Waals surface area contributed by atoms with E-state index in [4.69, 9.17) is 5.11 Å². The summed E-state index contributed by atoms with van der Waals surface area (Å²) in [6.07, 6.45) is 2.44. The van der Waals surface area contributed by atoms with E-state index < -0.39 is 17.6 Å². The predicted octanol–water partition coefficient (Wildman–Crippen LogP) is 2.04. The Labute approximate surface area is 101 Å². The molecule has 2 rings (SSSR count). The van der Waals surface area contributed by atoms with Crippen LogP contribution in [0.1, 0.15) is 21.7 Å². The molecule has 0 saturated carbocycles. The highest BCUT2D eigenvalue weighted by Crippen LogP contribution is 2.11. The van der Waals surface area contributed by atoms with Gasteiger partial charge in [-0.05, 0) is 17.7 Å². The summed E-state index contributed by atoms with van der Waals surface area (Å²) < 4.78 is 25.9. The first-order valence-electron chi connectivity index (χ1n) is 5.04. The minimum absolute atomic E-state index is 0.0378. The molecule has 2 aromatic rings. The lowest BCUT2D eigenvalue weighted by Gasteiger charge is -2.01. The Morgan fingerprint density at radius 3 is 2.17 bits per heavy atom. The molecule has 0 saturated heterocycles. The molecular weight excluding hydrogens is 242 g/mol. The van der Waals surface area contributed by atoms with Gasteiger partial charge in [0, 0.05) is 24.9 Å². The maximum atomic E-state index is 12.9. The molecule has 1 aromatic heterocycles. The zero-order chi connectivity index (χ0) is 13.1. The maximum absolute atomic E-state index is 12.9. The Bertz CT molecular complexity index is 565. The molecule has 0 aliphatic heterocycles. The number of hydrogen-bond donors (Lipinski definition) is 1. The van der Waals surface area contributed by atoms with Gasteiger partial charge in [0.25, 0.3) is 0 Å². The molecule has 0 unspecified atom stereocenters. The van der Waals surface area contributed by atoms with Gasteiger partial charge < -0.3 is 5.11 Å². The fourth-order valence-electron chi connectivity index (χ4n) is 1.45. The van der Waals surface area contributed by atoms with Crippen LogP contribution in [0.4, 0.5) is 8.78 Å². The van der Waals surface area contributed by atoms with Gasteiger partial charge in [-0.15, -0.1) is 0 Å². The summed E-state index contributed by atoms with van der Waals surface area (Å²) in [7, 11) is 0. The van der Waals surface area contributed by atoms with Crippen LogP contribution in [0, 0.1) is 11.6 Å². The van der Waals surface area contributed by atoms with E-state index in [1.165, 1.54) is 12.1 Å². The Kier molecular flexibility index (Phi) is 3.27. The lowest BCUT2D eigenvalue weighted by Crippen LogP contribution is -2.02. The van der Waals surface area contributed by atoms with Crippen LogP contribution >= 0.6 is 0 Å². The van der Waals surface area contributed by atoms with Crippen molar-refractivity contribution in [3.8, 4) is 0 Å². The van der Waals surface area contributed by atoms with Gasteiger partial charge in [-0.2, -0.15) is 0 Å². The Morgan fingerprint density at radius 1 is 1.11 bits per heavy atom. The molecule has 1 heterocycles. The third kappa shape index (κ3) is 2.85. The molecule has 0 bridgehead atoms. The summed E-state index contributed by atoms with van der Waals surface area (Å²) in [6.45, 7) is 0. The number of rotatable bonds is 3. The highest BCUT2D eigenvalue weighted by Gasteiger charge is 2.06. The molecule has 0 spiro atoms. The first kappa shape index (κ1) is 12.1. The quantitative estimate of drug-likeness (QED) is 0.905. The Hall–Kier alpha value is -2.37. The number of benzene rings is 1. The van der Waals surface area contributed by atoms with Crippen molar-refractivity contribution < 1.29 is 18.7 Å². The van der Waals surface area contributed by atoms with Gasteiger partial charge in [0.1, 0.15) is 17.5 Å². The first-order valence-corrected chi connectivity index (χ1v) is 5.04. The molecular formula is C12H8F2N2O2. The van der Waals surface area contributed by atoms with Gasteiger partial charge in [-0.1, -0.05) is 0 Å². The van der Waals surface area contributed by atoms with E-state index in [1.54, 1.807) is 0 Å². The number of hydrogen-bond acceptors (Lipinski definition) is 3. The van der Waals surface area contributed by atoms with Crippen molar-refractivity contribution in [2.75, 3.05) is 0 Å². The second-order valence-corrected chi connectivity index (χ2v) is 3.65. The molecule has 18 heavy (non-hydrogen) atoms. The number of halogens is 2. The summed E-state index contributed by atoms with van der Waals surface area (Å²) in [5.41, 5.74) is 0.347. The number of carboxylic acids is 1. The van der Waals surface area contributed by atoms with Crippen LogP contribution in [0.15, 0.2) is 30.6 Å². The monoisotopic (exact) mass is 250 g/mol. The number of carbonyl (C=O) groups is 1. The van der Waals surface area contributed by atoms with Gasteiger partial charge in [0.2, 0.25) is 0 Å². The first-order chi connectivity index (χ1) is 8.54. The molecule has 0 aliphatic rings. The predicted molar refractivity (Wildman–Crippen MR) is 58.2 cm³/mol. The van der Waals surface area contributed by atoms with Gasteiger partial charge in [0.15, 0.2) is 0 Å². The topological polar surface area (TPSA) is 63.1 Å². The fraction of sp³-hybridized carbons (Fsp3) is 0.0833. The van der Waals surface area contributed by atoms with Crippen molar-refractivity contribution in [1.82, 2.24) is 9.97 Å². The van der Waals surface area contributed by atoms with E-state index in [0.717, 1.165) is 18.5 Å². The van der Waals surface area contributed by atoms with E-state index >= 15 is 0 Å². The highest BCUT2D eigenvalue weighted by molar-refractivity contribution is 5.86. The number of aromatic nitrogens is 2. The van der Waals surface area contributed by atoms with Crippen LogP contribution in [-0.4, -0.2) is 21.0 Å². The van der Waals surface area contributed by atoms with Crippen molar-refractivity contribution >= 4 is 5.97 Å². The minimum Gasteiger partial charge on any atom is -0.478 e. The average molecular weight is 250 g/mol. The second kappa shape index (κ2) is 4.87. The maximum Gasteiger partial charge on any atom is 0.338 e. The standard InChI is InChI=1S/C12H8F2N2O2/c13-9-1-7(2-10(14)4-9)3-11-15-5-8(6-16-11)12(17)18/h1-2,4-6H,3H2,(H,17,18). The SMILES string of the molecule is O=C(O)c1cnc(Cc2cc(F)cc(F)c2)nc1. The lowest BCUT2D eigenvalue weighted by atomic mass is 10.1. The molecule has 0 atom stereocenters. The van der Waals surface area contributed by atoms with Crippen molar-refractivity contribution in [2.45, 2.75) is 6.42 Å². The van der Waals surface area contributed by atoms with Crippen LogP contribution in [0.2, 0.25) is 0 Å². The smallest absolute Gasteiger partial charge is 0.338 e. The van der Waals surface area contributed by atoms with Crippen LogP contribution in [0.5, 0.6) is 0 Å². The molecule has 1 N–H and O–H groups in total. The van der Waals surface area contributed by atoms with Gasteiger partial charge in [0.05, 0.1) is 5.56 Å². The summed E-state index contributed by atoms with van der Waals surface area (Å²) in [5.74, 6) is -2.18. The second-order valence-electron chi connectivity index (χ2n) is 3.65. The number of carboxylic acid groups (broad SMARTS) is 1. The number of aromatic carboxylic acids is 1. The normalized spacial score (nSPS) is 10.3. The Balaban J connectivity index is 2.20. The van der Waals surface area contributed by atoms with E-state index in [9.17, 15) is 13.6 Å². The average Bonchev–Trinajstić information content (AvgIpc) is 2.28. The van der Waals surface area contributed by atoms with Crippen molar-refractivity contribution in [1.29, 1.82) is 0 Å². The molecule has 4 nitrogen and oxygen atoms in total. The molecule has 0 radical (unpaired) electrons. The van der Waals surface area contributed by atoms with Gasteiger partial charge >= 0.3 is 5.97 Å². The fourth-order valence-corrected chi connectivity index (χ4v) is 1.45. The van der Waals surface area contributed by atoms with Crippen LogP contribution < -0.4 is 0 Å². The van der Waals surface area contributed by atoms with Crippen LogP contribution in [0.3, 0.4) is 0 Å². The van der Waals surface area contributed by atoms with Crippen molar-refractivity contribution in [3.63, 3.8) is 0 Å². The summed E-state index contributed by atoms with van der Waals surface area (Å²) in [4.78, 5) is 18.2. The minimum atomic E-state index is -1.13. The van der Waals surface area contributed by atoms with E-state index in [0.29, 0.717) is 11.4 Å². The Morgan fingerprint density at radius 2 is 1.67 bits per heavy atom. The third-order valence-corrected chi connectivity index (χ3v) is 2.24.